The number of aliphatic imine (C=N–C) groups is 1. The molecule has 11 heteroatoms. The van der Waals surface area contributed by atoms with Crippen molar-refractivity contribution in [2.75, 3.05) is 20.1 Å². The number of hydrogen-bond donors (Lipinski definition) is 3. The average Bonchev–Trinajstić information content (AvgIpc) is 3.15. The van der Waals surface area contributed by atoms with Gasteiger partial charge in [0.05, 0.1) is 16.1 Å². The van der Waals surface area contributed by atoms with E-state index < -0.39 is 10.0 Å². The van der Waals surface area contributed by atoms with Crippen molar-refractivity contribution in [3.05, 3.63) is 51.3 Å². The predicted octanol–water partition coefficient (Wildman–Crippen LogP) is 3.88. The lowest BCUT2D eigenvalue weighted by Crippen LogP contribution is -2.42. The van der Waals surface area contributed by atoms with Gasteiger partial charge in [-0.15, -0.1) is 35.3 Å². The summed E-state index contributed by atoms with van der Waals surface area (Å²) >= 11 is 13.2. The van der Waals surface area contributed by atoms with Crippen LogP contribution in [0.15, 0.2) is 44.9 Å². The summed E-state index contributed by atoms with van der Waals surface area (Å²) in [5, 5.41) is 9.00. The van der Waals surface area contributed by atoms with Crippen LogP contribution in [0.2, 0.25) is 10.0 Å². The molecule has 2 aromatic rings. The molecule has 1 aromatic heterocycles. The van der Waals surface area contributed by atoms with Gasteiger partial charge in [0, 0.05) is 20.1 Å². The van der Waals surface area contributed by atoms with E-state index in [0.29, 0.717) is 26.8 Å². The number of guanidine groups is 1. The molecular formula is C16H21Cl2IN4O2S2. The molecule has 0 radical (unpaired) electrons. The normalized spacial score (nSPS) is 13.0. The van der Waals surface area contributed by atoms with Crippen LogP contribution in [0, 0.1) is 0 Å². The van der Waals surface area contributed by atoms with Crippen LogP contribution < -0.4 is 15.4 Å². The van der Waals surface area contributed by atoms with E-state index in [1.54, 1.807) is 36.7 Å². The lowest BCUT2D eigenvalue weighted by Gasteiger charge is -2.18. The molecule has 0 aliphatic carbocycles. The Morgan fingerprint density at radius 2 is 1.96 bits per heavy atom. The Balaban J connectivity index is 0.00000364. The van der Waals surface area contributed by atoms with Gasteiger partial charge in [-0.1, -0.05) is 35.3 Å². The first-order valence-corrected chi connectivity index (χ1v) is 10.9. The standard InChI is InChI=1S/C16H20Cl2N4O2S2.HI/c1-11(12-5-6-13(17)14(18)10-12)22-16(19-2)20-7-8-21-26(23,24)15-4-3-9-25-15;/h3-6,9-11,21H,7-8H2,1-2H3,(H2,19,20,22);1H. The van der Waals surface area contributed by atoms with Crippen LogP contribution in [-0.2, 0) is 10.0 Å². The Hall–Kier alpha value is -0.590. The van der Waals surface area contributed by atoms with Gasteiger partial charge in [0.2, 0.25) is 10.0 Å². The van der Waals surface area contributed by atoms with Crippen molar-refractivity contribution < 1.29 is 8.42 Å². The van der Waals surface area contributed by atoms with E-state index in [9.17, 15) is 8.42 Å². The molecular weight excluding hydrogens is 542 g/mol. The highest BCUT2D eigenvalue weighted by Crippen LogP contribution is 2.25. The van der Waals surface area contributed by atoms with E-state index in [1.165, 1.54) is 11.3 Å². The van der Waals surface area contributed by atoms with Gasteiger partial charge in [0.15, 0.2) is 5.96 Å². The molecule has 1 unspecified atom stereocenters. The smallest absolute Gasteiger partial charge is 0.250 e. The minimum absolute atomic E-state index is 0. The Kier molecular flexibility index (Phi) is 10.3. The maximum absolute atomic E-state index is 12.0. The van der Waals surface area contributed by atoms with Gasteiger partial charge in [-0.25, -0.2) is 13.1 Å². The lowest BCUT2D eigenvalue weighted by molar-refractivity contribution is 0.582. The van der Waals surface area contributed by atoms with Crippen molar-refractivity contribution >= 4 is 74.5 Å². The minimum atomic E-state index is -3.46. The number of thiophene rings is 1. The molecule has 3 N–H and O–H groups in total. The van der Waals surface area contributed by atoms with E-state index in [4.69, 9.17) is 23.2 Å². The Bertz CT molecular complexity index is 861. The number of rotatable bonds is 7. The van der Waals surface area contributed by atoms with Gasteiger partial charge in [0.1, 0.15) is 4.21 Å². The second-order valence-corrected chi connectivity index (χ2v) is 9.12. The molecule has 150 valence electrons. The van der Waals surface area contributed by atoms with Crippen LogP contribution >= 0.6 is 58.5 Å². The van der Waals surface area contributed by atoms with Gasteiger partial charge >= 0.3 is 0 Å². The first kappa shape index (κ1) is 24.4. The molecule has 1 atom stereocenters. The van der Waals surface area contributed by atoms with Crippen LogP contribution in [-0.4, -0.2) is 34.5 Å². The number of nitrogens with one attached hydrogen (secondary N) is 3. The molecule has 0 fully saturated rings. The first-order chi connectivity index (χ1) is 12.3. The van der Waals surface area contributed by atoms with Gasteiger partial charge in [-0.05, 0) is 36.1 Å². The Morgan fingerprint density at radius 1 is 1.22 bits per heavy atom. The highest BCUT2D eigenvalue weighted by atomic mass is 127. The van der Waals surface area contributed by atoms with Crippen LogP contribution in [0.3, 0.4) is 0 Å². The second kappa shape index (κ2) is 11.4. The number of sulfonamides is 1. The van der Waals surface area contributed by atoms with Crippen LogP contribution in [0.5, 0.6) is 0 Å². The first-order valence-electron chi connectivity index (χ1n) is 7.79. The van der Waals surface area contributed by atoms with Crippen LogP contribution in [0.4, 0.5) is 0 Å². The maximum Gasteiger partial charge on any atom is 0.250 e. The monoisotopic (exact) mass is 562 g/mol. The average molecular weight is 563 g/mol. The lowest BCUT2D eigenvalue weighted by atomic mass is 10.1. The molecule has 0 spiro atoms. The highest BCUT2D eigenvalue weighted by molar-refractivity contribution is 14.0. The number of nitrogens with zero attached hydrogens (tertiary/aromatic N) is 1. The zero-order chi connectivity index (χ0) is 19.2. The van der Waals surface area contributed by atoms with E-state index >= 15 is 0 Å². The molecule has 1 heterocycles. The third kappa shape index (κ3) is 7.39. The number of hydrogen-bond acceptors (Lipinski definition) is 4. The van der Waals surface area contributed by atoms with Gasteiger partial charge in [0.25, 0.3) is 0 Å². The summed E-state index contributed by atoms with van der Waals surface area (Å²) in [6, 6.07) is 8.64. The van der Waals surface area contributed by atoms with E-state index in [2.05, 4.69) is 20.3 Å². The summed E-state index contributed by atoms with van der Waals surface area (Å²) in [6.45, 7) is 2.59. The SMILES string of the molecule is CN=C(NCCNS(=O)(=O)c1cccs1)NC(C)c1ccc(Cl)c(Cl)c1.I. The summed E-state index contributed by atoms with van der Waals surface area (Å²) in [5.41, 5.74) is 0.959. The Labute approximate surface area is 190 Å². The van der Waals surface area contributed by atoms with Crippen molar-refractivity contribution in [2.24, 2.45) is 4.99 Å². The fourth-order valence-corrected chi connectivity index (χ4v) is 4.49. The molecule has 0 saturated carbocycles. The van der Waals surface area contributed by atoms with Crippen LogP contribution in [0.25, 0.3) is 0 Å². The van der Waals surface area contributed by atoms with Gasteiger partial charge in [-0.3, -0.25) is 4.99 Å². The van der Waals surface area contributed by atoms with Crippen molar-refractivity contribution in [1.29, 1.82) is 0 Å². The largest absolute Gasteiger partial charge is 0.355 e. The van der Waals surface area contributed by atoms with Crippen LogP contribution in [0.1, 0.15) is 18.5 Å². The molecule has 0 aliphatic heterocycles. The van der Waals surface area contributed by atoms with Crippen molar-refractivity contribution in [3.63, 3.8) is 0 Å². The molecule has 6 nitrogen and oxygen atoms in total. The summed E-state index contributed by atoms with van der Waals surface area (Å²) in [6.07, 6.45) is 0. The number of halogens is 3. The van der Waals surface area contributed by atoms with Gasteiger partial charge < -0.3 is 10.6 Å². The summed E-state index contributed by atoms with van der Waals surface area (Å²) in [4.78, 5) is 4.14. The molecule has 0 saturated heterocycles. The zero-order valence-electron chi connectivity index (χ0n) is 14.7. The quantitative estimate of drug-likeness (QED) is 0.207. The summed E-state index contributed by atoms with van der Waals surface area (Å²) in [5.74, 6) is 0.555. The zero-order valence-corrected chi connectivity index (χ0v) is 20.2. The molecule has 0 amide bonds. The van der Waals surface area contributed by atoms with Gasteiger partial charge in [-0.2, -0.15) is 0 Å². The summed E-state index contributed by atoms with van der Waals surface area (Å²) in [7, 11) is -1.81. The molecule has 0 bridgehead atoms. The molecule has 1 aromatic carbocycles. The van der Waals surface area contributed by atoms with Crippen molar-refractivity contribution in [3.8, 4) is 0 Å². The van der Waals surface area contributed by atoms with E-state index in [0.717, 1.165) is 5.56 Å². The van der Waals surface area contributed by atoms with E-state index in [-0.39, 0.29) is 36.6 Å². The fourth-order valence-electron chi connectivity index (χ4n) is 2.12. The second-order valence-electron chi connectivity index (χ2n) is 5.37. The van der Waals surface area contributed by atoms with Crippen molar-refractivity contribution in [2.45, 2.75) is 17.2 Å². The topological polar surface area (TPSA) is 82.6 Å². The maximum atomic E-state index is 12.0. The number of benzene rings is 1. The van der Waals surface area contributed by atoms with Crippen molar-refractivity contribution in [1.82, 2.24) is 15.4 Å². The molecule has 0 aliphatic rings. The summed E-state index contributed by atoms with van der Waals surface area (Å²) < 4.78 is 26.9. The minimum Gasteiger partial charge on any atom is -0.355 e. The predicted molar refractivity (Wildman–Crippen MR) is 124 cm³/mol. The molecule has 27 heavy (non-hydrogen) atoms. The highest BCUT2D eigenvalue weighted by Gasteiger charge is 2.14. The third-order valence-corrected chi connectivity index (χ3v) is 7.09. The third-order valence-electron chi connectivity index (χ3n) is 3.49. The van der Waals surface area contributed by atoms with E-state index in [1.807, 2.05) is 13.0 Å². The fraction of sp³-hybridized carbons (Fsp3) is 0.312. The Morgan fingerprint density at radius 3 is 2.56 bits per heavy atom. The molecule has 2 rings (SSSR count).